The summed E-state index contributed by atoms with van der Waals surface area (Å²) in [4.78, 5) is 11.0. The largest absolute Gasteiger partial charge is 0.468 e. The summed E-state index contributed by atoms with van der Waals surface area (Å²) in [7, 11) is -2.64. The third-order valence-electron chi connectivity index (χ3n) is 2.51. The maximum absolute atomic E-state index is 12.0. The second-order valence-electron chi connectivity index (χ2n) is 3.84. The van der Waals surface area contributed by atoms with E-state index in [0.717, 1.165) is 0 Å². The number of esters is 1. The Balaban J connectivity index is 3.13. The number of benzene rings is 1. The number of anilines is 1. The number of sulfonamides is 1. The third kappa shape index (κ3) is 2.99. The zero-order chi connectivity index (χ0) is 13.9. The van der Waals surface area contributed by atoms with Crippen molar-refractivity contribution < 1.29 is 17.9 Å². The van der Waals surface area contributed by atoms with Crippen LogP contribution < -0.4 is 10.5 Å². The Morgan fingerprint density at radius 2 is 1.89 bits per heavy atom. The molecule has 0 aliphatic rings. The van der Waals surface area contributed by atoms with E-state index in [1.165, 1.54) is 7.11 Å². The maximum Gasteiger partial charge on any atom is 0.320 e. The van der Waals surface area contributed by atoms with Gasteiger partial charge in [0, 0.05) is 0 Å². The van der Waals surface area contributed by atoms with Crippen molar-refractivity contribution in [3.63, 3.8) is 0 Å². The summed E-state index contributed by atoms with van der Waals surface area (Å²) in [5.74, 6) is -0.664. The van der Waals surface area contributed by atoms with Crippen LogP contribution in [-0.4, -0.2) is 28.0 Å². The average molecular weight is 272 g/mol. The summed E-state index contributed by atoms with van der Waals surface area (Å²) in [6, 6.07) is 3.41. The van der Waals surface area contributed by atoms with E-state index in [4.69, 9.17) is 5.73 Å². The molecule has 0 radical (unpaired) electrons. The summed E-state index contributed by atoms with van der Waals surface area (Å²) in [5.41, 5.74) is 7.15. The molecule has 18 heavy (non-hydrogen) atoms. The molecule has 7 heteroatoms. The molecule has 0 aliphatic heterocycles. The van der Waals surface area contributed by atoms with Gasteiger partial charge >= 0.3 is 5.97 Å². The summed E-state index contributed by atoms with van der Waals surface area (Å²) in [6.07, 6.45) is 0. The Morgan fingerprint density at radius 3 is 2.44 bits per heavy atom. The minimum absolute atomic E-state index is 0.00593. The van der Waals surface area contributed by atoms with Crippen LogP contribution in [0.1, 0.15) is 11.1 Å². The first-order valence-electron chi connectivity index (χ1n) is 5.21. The molecule has 1 aromatic carbocycles. The molecule has 0 aromatic heterocycles. The van der Waals surface area contributed by atoms with Gasteiger partial charge in [-0.15, -0.1) is 0 Å². The van der Waals surface area contributed by atoms with Crippen molar-refractivity contribution in [2.24, 2.45) is 0 Å². The molecule has 1 rings (SSSR count). The van der Waals surface area contributed by atoms with Crippen LogP contribution in [0.5, 0.6) is 0 Å². The molecule has 0 saturated heterocycles. The lowest BCUT2D eigenvalue weighted by molar-refractivity contribution is -0.139. The van der Waals surface area contributed by atoms with Crippen molar-refractivity contribution in [3.8, 4) is 0 Å². The Bertz CT molecular complexity index is 567. The molecule has 0 saturated carbocycles. The Hall–Kier alpha value is -1.60. The van der Waals surface area contributed by atoms with Gasteiger partial charge in [-0.3, -0.25) is 4.79 Å². The molecule has 1 aromatic rings. The molecule has 3 N–H and O–H groups in total. The maximum atomic E-state index is 12.0. The van der Waals surface area contributed by atoms with E-state index in [-0.39, 0.29) is 10.6 Å². The van der Waals surface area contributed by atoms with E-state index >= 15 is 0 Å². The molecule has 0 fully saturated rings. The molecule has 0 bridgehead atoms. The second kappa shape index (κ2) is 5.36. The highest BCUT2D eigenvalue weighted by Crippen LogP contribution is 2.25. The summed E-state index contributed by atoms with van der Waals surface area (Å²) in [6.45, 7) is 2.93. The Morgan fingerprint density at radius 1 is 1.33 bits per heavy atom. The van der Waals surface area contributed by atoms with Crippen molar-refractivity contribution in [1.82, 2.24) is 4.72 Å². The van der Waals surface area contributed by atoms with E-state index in [1.807, 2.05) is 0 Å². The number of hydrogen-bond donors (Lipinski definition) is 2. The number of ether oxygens (including phenoxy) is 1. The number of carbonyl (C=O) groups excluding carboxylic acids is 1. The minimum Gasteiger partial charge on any atom is -0.468 e. The van der Waals surface area contributed by atoms with Gasteiger partial charge in [-0.2, -0.15) is 4.72 Å². The zero-order valence-electron chi connectivity index (χ0n) is 10.5. The lowest BCUT2D eigenvalue weighted by Gasteiger charge is -2.12. The van der Waals surface area contributed by atoms with Crippen LogP contribution in [0.3, 0.4) is 0 Å². The van der Waals surface area contributed by atoms with E-state index in [2.05, 4.69) is 9.46 Å². The lowest BCUT2D eigenvalue weighted by atomic mass is 10.1. The molecular formula is C11H16N2O4S. The number of carbonyl (C=O) groups is 1. The van der Waals surface area contributed by atoms with Gasteiger partial charge < -0.3 is 10.5 Å². The topological polar surface area (TPSA) is 98.5 Å². The van der Waals surface area contributed by atoms with Gasteiger partial charge in [-0.05, 0) is 25.0 Å². The van der Waals surface area contributed by atoms with E-state index in [9.17, 15) is 13.2 Å². The van der Waals surface area contributed by atoms with Gasteiger partial charge in [0.25, 0.3) is 0 Å². The highest BCUT2D eigenvalue weighted by molar-refractivity contribution is 7.89. The minimum atomic E-state index is -3.83. The first-order valence-corrected chi connectivity index (χ1v) is 6.70. The molecule has 0 spiro atoms. The SMILES string of the molecule is COC(=O)CNS(=O)(=O)c1c(C)ccc(C)c1N. The first-order chi connectivity index (χ1) is 8.29. The monoisotopic (exact) mass is 272 g/mol. The van der Waals surface area contributed by atoms with Gasteiger partial charge in [0.15, 0.2) is 0 Å². The van der Waals surface area contributed by atoms with E-state index < -0.39 is 22.5 Å². The fourth-order valence-corrected chi connectivity index (χ4v) is 2.86. The van der Waals surface area contributed by atoms with Gasteiger partial charge in [-0.25, -0.2) is 8.42 Å². The number of aryl methyl sites for hydroxylation is 2. The molecule has 100 valence electrons. The van der Waals surface area contributed by atoms with Crippen LogP contribution in [0.15, 0.2) is 17.0 Å². The van der Waals surface area contributed by atoms with Crippen LogP contribution in [0.2, 0.25) is 0 Å². The Kier molecular flexibility index (Phi) is 4.31. The van der Waals surface area contributed by atoms with Crippen LogP contribution in [0, 0.1) is 13.8 Å². The number of nitrogen functional groups attached to an aromatic ring is 1. The van der Waals surface area contributed by atoms with Gasteiger partial charge in [0.05, 0.1) is 12.8 Å². The molecule has 0 heterocycles. The molecule has 0 amide bonds. The van der Waals surface area contributed by atoms with E-state index in [0.29, 0.717) is 11.1 Å². The van der Waals surface area contributed by atoms with Crippen LogP contribution in [0.4, 0.5) is 5.69 Å². The average Bonchev–Trinajstić information content (AvgIpc) is 2.31. The first kappa shape index (κ1) is 14.5. The molecule has 0 atom stereocenters. The van der Waals surface area contributed by atoms with Crippen LogP contribution in [-0.2, 0) is 19.6 Å². The summed E-state index contributed by atoms with van der Waals surface area (Å²) < 4.78 is 30.6. The fourth-order valence-electron chi connectivity index (χ4n) is 1.46. The highest BCUT2D eigenvalue weighted by Gasteiger charge is 2.21. The second-order valence-corrected chi connectivity index (χ2v) is 5.55. The smallest absolute Gasteiger partial charge is 0.320 e. The predicted molar refractivity (Wildman–Crippen MR) is 67.5 cm³/mol. The quantitative estimate of drug-likeness (QED) is 0.608. The highest BCUT2D eigenvalue weighted by atomic mass is 32.2. The number of rotatable bonds is 4. The van der Waals surface area contributed by atoms with Gasteiger partial charge in [0.1, 0.15) is 11.4 Å². The van der Waals surface area contributed by atoms with Crippen molar-refractivity contribution in [3.05, 3.63) is 23.3 Å². The Labute approximate surface area is 106 Å². The van der Waals surface area contributed by atoms with Crippen LogP contribution >= 0.6 is 0 Å². The molecule has 0 unspecified atom stereocenters. The standard InChI is InChI=1S/C11H16N2O4S/c1-7-4-5-8(2)11(10(7)12)18(15,16)13-6-9(14)17-3/h4-5,13H,6,12H2,1-3H3. The normalized spacial score (nSPS) is 11.3. The summed E-state index contributed by atoms with van der Waals surface area (Å²) in [5, 5.41) is 0. The lowest BCUT2D eigenvalue weighted by Crippen LogP contribution is -2.31. The number of hydrogen-bond acceptors (Lipinski definition) is 5. The number of nitrogens with two attached hydrogens (primary N) is 1. The third-order valence-corrected chi connectivity index (χ3v) is 4.12. The van der Waals surface area contributed by atoms with Crippen molar-refractivity contribution >= 4 is 21.7 Å². The van der Waals surface area contributed by atoms with Gasteiger partial charge in [-0.1, -0.05) is 12.1 Å². The zero-order valence-corrected chi connectivity index (χ0v) is 11.3. The predicted octanol–water partition coefficient (Wildman–Crippen LogP) is 0.337. The van der Waals surface area contributed by atoms with Crippen molar-refractivity contribution in [2.75, 3.05) is 19.4 Å². The number of methoxy groups -OCH3 is 1. The van der Waals surface area contributed by atoms with Crippen molar-refractivity contribution in [2.45, 2.75) is 18.7 Å². The van der Waals surface area contributed by atoms with E-state index in [1.54, 1.807) is 26.0 Å². The summed E-state index contributed by atoms with van der Waals surface area (Å²) >= 11 is 0. The molecule has 0 aliphatic carbocycles. The van der Waals surface area contributed by atoms with Crippen LogP contribution in [0.25, 0.3) is 0 Å². The fraction of sp³-hybridized carbons (Fsp3) is 0.364. The molecule has 6 nitrogen and oxygen atoms in total. The van der Waals surface area contributed by atoms with Gasteiger partial charge in [0.2, 0.25) is 10.0 Å². The molecular weight excluding hydrogens is 256 g/mol. The van der Waals surface area contributed by atoms with Crippen molar-refractivity contribution in [1.29, 1.82) is 0 Å². The number of nitrogens with one attached hydrogen (secondary N) is 1.